The fraction of sp³-hybridized carbons (Fsp3) is 0.200. The number of sulfonamides is 1. The Bertz CT molecular complexity index is 533. The van der Waals surface area contributed by atoms with Gasteiger partial charge in [-0.15, -0.1) is 0 Å². The van der Waals surface area contributed by atoms with Gasteiger partial charge in [0, 0.05) is 0 Å². The Labute approximate surface area is 98.6 Å². The summed E-state index contributed by atoms with van der Waals surface area (Å²) in [5.74, 6) is -2.10. The SMILES string of the molecule is N#CCS(=O)(=O)N[C@@H](C(=O)O)c1ccccc1. The smallest absolute Gasteiger partial charge is 0.326 e. The second-order valence-electron chi connectivity index (χ2n) is 3.22. The Morgan fingerprint density at radius 1 is 1.41 bits per heavy atom. The highest BCUT2D eigenvalue weighted by molar-refractivity contribution is 7.89. The van der Waals surface area contributed by atoms with E-state index in [-0.39, 0.29) is 0 Å². The molecule has 0 saturated carbocycles. The van der Waals surface area contributed by atoms with E-state index in [1.807, 2.05) is 4.72 Å². The molecule has 0 bridgehead atoms. The van der Waals surface area contributed by atoms with Crippen LogP contribution in [0.15, 0.2) is 30.3 Å². The zero-order chi connectivity index (χ0) is 12.9. The van der Waals surface area contributed by atoms with Crippen LogP contribution in [0.1, 0.15) is 11.6 Å². The van der Waals surface area contributed by atoms with E-state index < -0.39 is 27.8 Å². The van der Waals surface area contributed by atoms with Crippen molar-refractivity contribution in [3.63, 3.8) is 0 Å². The van der Waals surface area contributed by atoms with Gasteiger partial charge in [-0.05, 0) is 5.56 Å². The number of nitrogens with one attached hydrogen (secondary N) is 1. The molecule has 6 nitrogen and oxygen atoms in total. The molecule has 0 saturated heterocycles. The molecule has 0 unspecified atom stereocenters. The van der Waals surface area contributed by atoms with E-state index in [1.54, 1.807) is 18.2 Å². The van der Waals surface area contributed by atoms with E-state index in [4.69, 9.17) is 10.4 Å². The lowest BCUT2D eigenvalue weighted by atomic mass is 10.1. The number of hydrogen-bond acceptors (Lipinski definition) is 4. The van der Waals surface area contributed by atoms with E-state index >= 15 is 0 Å². The summed E-state index contributed by atoms with van der Waals surface area (Å²) < 4.78 is 24.6. The molecule has 1 aromatic rings. The van der Waals surface area contributed by atoms with Gasteiger partial charge in [-0.25, -0.2) is 8.42 Å². The molecule has 0 heterocycles. The van der Waals surface area contributed by atoms with Crippen molar-refractivity contribution < 1.29 is 18.3 Å². The molecular weight excluding hydrogens is 244 g/mol. The lowest BCUT2D eigenvalue weighted by Crippen LogP contribution is -2.34. The number of carbonyl (C=O) groups is 1. The number of nitriles is 1. The van der Waals surface area contributed by atoms with Crippen molar-refractivity contribution in [1.82, 2.24) is 4.72 Å². The van der Waals surface area contributed by atoms with Gasteiger partial charge in [-0.2, -0.15) is 9.98 Å². The van der Waals surface area contributed by atoms with Crippen LogP contribution in [0.2, 0.25) is 0 Å². The van der Waals surface area contributed by atoms with Crippen molar-refractivity contribution in [1.29, 1.82) is 5.26 Å². The summed E-state index contributed by atoms with van der Waals surface area (Å²) in [7, 11) is -3.92. The summed E-state index contributed by atoms with van der Waals surface area (Å²) in [5.41, 5.74) is 0.307. The van der Waals surface area contributed by atoms with Gasteiger partial charge in [-0.3, -0.25) is 4.79 Å². The molecule has 0 fully saturated rings. The highest BCUT2D eigenvalue weighted by Gasteiger charge is 2.25. The van der Waals surface area contributed by atoms with Crippen molar-refractivity contribution in [2.45, 2.75) is 6.04 Å². The fourth-order valence-corrected chi connectivity index (χ4v) is 2.06. The summed E-state index contributed by atoms with van der Waals surface area (Å²) in [6.45, 7) is 0. The average Bonchev–Trinajstić information content (AvgIpc) is 2.27. The van der Waals surface area contributed by atoms with Crippen LogP contribution in [0.3, 0.4) is 0 Å². The van der Waals surface area contributed by atoms with Crippen LogP contribution in [0.5, 0.6) is 0 Å². The molecule has 0 spiro atoms. The van der Waals surface area contributed by atoms with Gasteiger partial charge >= 0.3 is 5.97 Å². The highest BCUT2D eigenvalue weighted by Crippen LogP contribution is 2.13. The van der Waals surface area contributed by atoms with Crippen LogP contribution < -0.4 is 4.72 Å². The van der Waals surface area contributed by atoms with E-state index in [1.165, 1.54) is 18.2 Å². The predicted molar refractivity (Wildman–Crippen MR) is 59.4 cm³/mol. The first kappa shape index (κ1) is 13.2. The third-order valence-electron chi connectivity index (χ3n) is 1.93. The largest absolute Gasteiger partial charge is 0.480 e. The molecule has 0 radical (unpaired) electrons. The Morgan fingerprint density at radius 3 is 2.47 bits per heavy atom. The Hall–Kier alpha value is -1.91. The molecular formula is C10H10N2O4S. The highest BCUT2D eigenvalue weighted by atomic mass is 32.2. The van der Waals surface area contributed by atoms with E-state index in [2.05, 4.69) is 0 Å². The molecule has 2 N–H and O–H groups in total. The molecule has 0 amide bonds. The Kier molecular flexibility index (Phi) is 4.20. The first-order chi connectivity index (χ1) is 7.96. The molecule has 1 rings (SSSR count). The molecule has 0 aromatic heterocycles. The van der Waals surface area contributed by atoms with Crippen molar-refractivity contribution in [2.24, 2.45) is 0 Å². The third-order valence-corrected chi connectivity index (χ3v) is 3.04. The summed E-state index contributed by atoms with van der Waals surface area (Å²) in [4.78, 5) is 11.0. The van der Waals surface area contributed by atoms with Gasteiger partial charge in [0.1, 0.15) is 6.04 Å². The number of hydrogen-bond donors (Lipinski definition) is 2. The van der Waals surface area contributed by atoms with Crippen LogP contribution in [-0.2, 0) is 14.8 Å². The summed E-state index contributed by atoms with van der Waals surface area (Å²) in [6, 6.07) is 7.96. The minimum atomic E-state index is -3.92. The van der Waals surface area contributed by atoms with Gasteiger partial charge in [-0.1, -0.05) is 30.3 Å². The average molecular weight is 254 g/mol. The normalized spacial score (nSPS) is 12.6. The predicted octanol–water partition coefficient (Wildman–Crippen LogP) is 0.255. The first-order valence-corrected chi connectivity index (χ1v) is 6.26. The van der Waals surface area contributed by atoms with Crippen LogP contribution >= 0.6 is 0 Å². The van der Waals surface area contributed by atoms with Crippen molar-refractivity contribution in [3.8, 4) is 6.07 Å². The van der Waals surface area contributed by atoms with Gasteiger partial charge in [0.25, 0.3) is 0 Å². The van der Waals surface area contributed by atoms with Gasteiger partial charge in [0.05, 0.1) is 6.07 Å². The molecule has 90 valence electrons. The number of carboxylic acid groups (broad SMARTS) is 1. The molecule has 17 heavy (non-hydrogen) atoms. The van der Waals surface area contributed by atoms with Crippen LogP contribution in [0, 0.1) is 11.3 Å². The van der Waals surface area contributed by atoms with Gasteiger partial charge in [0.2, 0.25) is 10.0 Å². The zero-order valence-electron chi connectivity index (χ0n) is 8.70. The number of nitrogens with zero attached hydrogens (tertiary/aromatic N) is 1. The monoisotopic (exact) mass is 254 g/mol. The standard InChI is InChI=1S/C10H10N2O4S/c11-6-7-17(15,16)12-9(10(13)14)8-4-2-1-3-5-8/h1-5,9,12H,7H2,(H,13,14)/t9-/m1/s1. The number of rotatable bonds is 5. The molecule has 1 aromatic carbocycles. The lowest BCUT2D eigenvalue weighted by molar-refractivity contribution is -0.139. The molecule has 0 aliphatic heterocycles. The Balaban J connectivity index is 2.98. The quantitative estimate of drug-likeness (QED) is 0.783. The van der Waals surface area contributed by atoms with Gasteiger partial charge < -0.3 is 5.11 Å². The molecule has 1 atom stereocenters. The van der Waals surface area contributed by atoms with E-state index in [9.17, 15) is 13.2 Å². The maximum atomic E-state index is 11.3. The summed E-state index contributed by atoms with van der Waals surface area (Å²) in [6.07, 6.45) is 0. The van der Waals surface area contributed by atoms with Crippen molar-refractivity contribution in [2.75, 3.05) is 5.75 Å². The molecule has 0 aliphatic rings. The maximum absolute atomic E-state index is 11.3. The molecule has 7 heteroatoms. The zero-order valence-corrected chi connectivity index (χ0v) is 9.52. The van der Waals surface area contributed by atoms with E-state index in [0.717, 1.165) is 0 Å². The van der Waals surface area contributed by atoms with Crippen LogP contribution in [0.4, 0.5) is 0 Å². The maximum Gasteiger partial charge on any atom is 0.326 e. The number of aliphatic carboxylic acids is 1. The molecule has 0 aliphatic carbocycles. The minimum Gasteiger partial charge on any atom is -0.480 e. The van der Waals surface area contributed by atoms with Crippen molar-refractivity contribution >= 4 is 16.0 Å². The topological polar surface area (TPSA) is 107 Å². The Morgan fingerprint density at radius 2 is 2.00 bits per heavy atom. The first-order valence-electron chi connectivity index (χ1n) is 4.61. The fourth-order valence-electron chi connectivity index (χ4n) is 1.21. The third kappa shape index (κ3) is 3.86. The van der Waals surface area contributed by atoms with Gasteiger partial charge in [0.15, 0.2) is 5.75 Å². The summed E-state index contributed by atoms with van der Waals surface area (Å²) >= 11 is 0. The van der Waals surface area contributed by atoms with Crippen LogP contribution in [-0.4, -0.2) is 25.2 Å². The number of benzene rings is 1. The van der Waals surface area contributed by atoms with Crippen LogP contribution in [0.25, 0.3) is 0 Å². The van der Waals surface area contributed by atoms with E-state index in [0.29, 0.717) is 5.56 Å². The summed E-state index contributed by atoms with van der Waals surface area (Å²) in [5, 5.41) is 17.3. The number of carboxylic acids is 1. The minimum absolute atomic E-state index is 0.307. The second-order valence-corrected chi connectivity index (χ2v) is 4.97. The van der Waals surface area contributed by atoms with Crippen molar-refractivity contribution in [3.05, 3.63) is 35.9 Å². The lowest BCUT2D eigenvalue weighted by Gasteiger charge is -2.13. The second kappa shape index (κ2) is 5.43.